The smallest absolute Gasteiger partial charge is 0.243 e. The first-order valence-electron chi connectivity index (χ1n) is 10.8. The Morgan fingerprint density at radius 2 is 1.67 bits per heavy atom. The quantitative estimate of drug-likeness (QED) is 0.503. The lowest BCUT2D eigenvalue weighted by Crippen LogP contribution is -2.50. The van der Waals surface area contributed by atoms with Crippen LogP contribution in [0.25, 0.3) is 0 Å². The van der Waals surface area contributed by atoms with E-state index in [1.54, 1.807) is 16.7 Å². The van der Waals surface area contributed by atoms with Gasteiger partial charge in [-0.15, -0.1) is 11.8 Å². The lowest BCUT2D eigenvalue weighted by atomic mass is 10.1. The molecule has 2 aromatic rings. The highest BCUT2D eigenvalue weighted by Gasteiger charge is 2.28. The normalized spacial score (nSPS) is 12.8. The van der Waals surface area contributed by atoms with Gasteiger partial charge in [-0.2, -0.15) is 0 Å². The summed E-state index contributed by atoms with van der Waals surface area (Å²) < 4.78 is 0. The Morgan fingerprint density at radius 1 is 1.00 bits per heavy atom. The van der Waals surface area contributed by atoms with Crippen molar-refractivity contribution in [3.05, 3.63) is 65.7 Å². The molecule has 2 rings (SSSR count). The minimum Gasteiger partial charge on any atom is -0.352 e. The number of hydrogen-bond acceptors (Lipinski definition) is 3. The van der Waals surface area contributed by atoms with Crippen LogP contribution < -0.4 is 5.32 Å². The molecule has 1 N–H and O–H groups in total. The number of benzene rings is 2. The molecule has 2 atom stereocenters. The standard InChI is InChI=1S/C25H34N2O2S/c1-5-20(4)26-25(29)23(6-2)27(18-21-14-12-19(3)13-15-21)24(28)16-17-30-22-10-8-7-9-11-22/h7-15,20,23H,5-6,16-18H2,1-4H3,(H,26,29)/t20-,23-/m0/s1. The van der Waals surface area contributed by atoms with Crippen LogP contribution in [-0.2, 0) is 16.1 Å². The van der Waals surface area contributed by atoms with Crippen LogP contribution in [0.2, 0.25) is 0 Å². The average Bonchev–Trinajstić information content (AvgIpc) is 2.75. The molecular formula is C25H34N2O2S. The second-order valence-electron chi connectivity index (χ2n) is 7.66. The van der Waals surface area contributed by atoms with E-state index < -0.39 is 6.04 Å². The first kappa shape index (κ1) is 24.0. The van der Waals surface area contributed by atoms with Crippen LogP contribution in [0.4, 0.5) is 0 Å². The molecule has 0 spiro atoms. The van der Waals surface area contributed by atoms with E-state index >= 15 is 0 Å². The zero-order valence-electron chi connectivity index (χ0n) is 18.6. The van der Waals surface area contributed by atoms with Crippen molar-refractivity contribution >= 4 is 23.6 Å². The second kappa shape index (κ2) is 12.4. The lowest BCUT2D eigenvalue weighted by molar-refractivity contribution is -0.141. The van der Waals surface area contributed by atoms with Crippen LogP contribution in [0.3, 0.4) is 0 Å². The van der Waals surface area contributed by atoms with Crippen molar-refractivity contribution in [1.82, 2.24) is 10.2 Å². The van der Waals surface area contributed by atoms with E-state index in [1.165, 1.54) is 5.56 Å². The lowest BCUT2D eigenvalue weighted by Gasteiger charge is -2.31. The number of rotatable bonds is 11. The highest BCUT2D eigenvalue weighted by Crippen LogP contribution is 2.20. The van der Waals surface area contributed by atoms with E-state index in [2.05, 4.69) is 5.32 Å². The van der Waals surface area contributed by atoms with Gasteiger partial charge < -0.3 is 10.2 Å². The van der Waals surface area contributed by atoms with Crippen molar-refractivity contribution in [3.8, 4) is 0 Å². The molecule has 0 aromatic heterocycles. The van der Waals surface area contributed by atoms with E-state index in [4.69, 9.17) is 0 Å². The molecule has 0 saturated carbocycles. The van der Waals surface area contributed by atoms with Crippen LogP contribution in [-0.4, -0.2) is 34.6 Å². The molecule has 162 valence electrons. The number of amides is 2. The van der Waals surface area contributed by atoms with Gasteiger partial charge in [0.2, 0.25) is 11.8 Å². The van der Waals surface area contributed by atoms with Gasteiger partial charge in [0.05, 0.1) is 0 Å². The van der Waals surface area contributed by atoms with Crippen molar-refractivity contribution in [2.75, 3.05) is 5.75 Å². The number of nitrogens with one attached hydrogen (secondary N) is 1. The zero-order valence-corrected chi connectivity index (χ0v) is 19.4. The Kier molecular flexibility index (Phi) is 9.95. The van der Waals surface area contributed by atoms with E-state index in [9.17, 15) is 9.59 Å². The number of nitrogens with zero attached hydrogens (tertiary/aromatic N) is 1. The fourth-order valence-electron chi connectivity index (χ4n) is 3.17. The molecule has 0 saturated heterocycles. The third-order valence-electron chi connectivity index (χ3n) is 5.19. The molecule has 30 heavy (non-hydrogen) atoms. The molecule has 0 fully saturated rings. The summed E-state index contributed by atoms with van der Waals surface area (Å²) in [6.07, 6.45) is 1.85. The molecule has 0 aliphatic heterocycles. The molecule has 4 nitrogen and oxygen atoms in total. The van der Waals surface area contributed by atoms with Gasteiger partial charge >= 0.3 is 0 Å². The Bertz CT molecular complexity index is 793. The molecule has 0 heterocycles. The van der Waals surface area contributed by atoms with Crippen LogP contribution in [0.1, 0.15) is 51.2 Å². The van der Waals surface area contributed by atoms with E-state index in [1.807, 2.05) is 82.3 Å². The van der Waals surface area contributed by atoms with E-state index in [0.29, 0.717) is 25.1 Å². The molecule has 0 radical (unpaired) electrons. The molecular weight excluding hydrogens is 392 g/mol. The minimum atomic E-state index is -0.463. The van der Waals surface area contributed by atoms with Gasteiger partial charge in [0.1, 0.15) is 6.04 Å². The molecule has 0 bridgehead atoms. The van der Waals surface area contributed by atoms with Gasteiger partial charge in [-0.3, -0.25) is 9.59 Å². The van der Waals surface area contributed by atoms with E-state index in [-0.39, 0.29) is 17.9 Å². The maximum atomic E-state index is 13.2. The van der Waals surface area contributed by atoms with Gasteiger partial charge in [-0.25, -0.2) is 0 Å². The third kappa shape index (κ3) is 7.52. The monoisotopic (exact) mass is 426 g/mol. The summed E-state index contributed by atoms with van der Waals surface area (Å²) >= 11 is 1.67. The molecule has 2 amide bonds. The summed E-state index contributed by atoms with van der Waals surface area (Å²) in [5.41, 5.74) is 2.22. The number of thioether (sulfide) groups is 1. The predicted octanol–water partition coefficient (Wildman–Crippen LogP) is 5.20. The molecule has 0 aliphatic carbocycles. The van der Waals surface area contributed by atoms with Crippen molar-refractivity contribution in [2.24, 2.45) is 0 Å². The van der Waals surface area contributed by atoms with E-state index in [0.717, 1.165) is 16.9 Å². The molecule has 2 aromatic carbocycles. The SMILES string of the molecule is CC[C@H](C)NC(=O)[C@H](CC)N(Cc1ccc(C)cc1)C(=O)CCSc1ccccc1. The Balaban J connectivity index is 2.12. The minimum absolute atomic E-state index is 0.0187. The maximum absolute atomic E-state index is 13.2. The fraction of sp³-hybridized carbons (Fsp3) is 0.440. The van der Waals surface area contributed by atoms with Crippen molar-refractivity contribution in [1.29, 1.82) is 0 Å². The summed E-state index contributed by atoms with van der Waals surface area (Å²) in [6, 6.07) is 17.9. The third-order valence-corrected chi connectivity index (χ3v) is 6.20. The highest BCUT2D eigenvalue weighted by molar-refractivity contribution is 7.99. The van der Waals surface area contributed by atoms with Gasteiger partial charge in [0.15, 0.2) is 0 Å². The predicted molar refractivity (Wildman–Crippen MR) is 125 cm³/mol. The topological polar surface area (TPSA) is 49.4 Å². The Labute approximate surface area is 185 Å². The van der Waals surface area contributed by atoms with Crippen molar-refractivity contribution in [3.63, 3.8) is 0 Å². The van der Waals surface area contributed by atoms with Gasteiger partial charge in [-0.1, -0.05) is 61.9 Å². The van der Waals surface area contributed by atoms with Crippen LogP contribution >= 0.6 is 11.8 Å². The highest BCUT2D eigenvalue weighted by atomic mass is 32.2. The average molecular weight is 427 g/mol. The molecule has 0 unspecified atom stereocenters. The van der Waals surface area contributed by atoms with Crippen molar-refractivity contribution in [2.45, 2.75) is 70.5 Å². The van der Waals surface area contributed by atoms with Gasteiger partial charge in [-0.05, 0) is 44.4 Å². The first-order valence-corrected chi connectivity index (χ1v) is 11.8. The van der Waals surface area contributed by atoms with Crippen LogP contribution in [0, 0.1) is 6.92 Å². The summed E-state index contributed by atoms with van der Waals surface area (Å²) in [7, 11) is 0. The van der Waals surface area contributed by atoms with Gasteiger partial charge in [0.25, 0.3) is 0 Å². The van der Waals surface area contributed by atoms with Crippen molar-refractivity contribution < 1.29 is 9.59 Å². The number of aryl methyl sites for hydroxylation is 1. The van der Waals surface area contributed by atoms with Crippen LogP contribution in [0.5, 0.6) is 0 Å². The molecule has 5 heteroatoms. The Morgan fingerprint density at radius 3 is 2.27 bits per heavy atom. The van der Waals surface area contributed by atoms with Crippen LogP contribution in [0.15, 0.2) is 59.5 Å². The fourth-order valence-corrected chi connectivity index (χ4v) is 4.03. The number of carbonyl (C=O) groups excluding carboxylic acids is 2. The largest absolute Gasteiger partial charge is 0.352 e. The first-order chi connectivity index (χ1) is 14.4. The maximum Gasteiger partial charge on any atom is 0.243 e. The zero-order chi connectivity index (χ0) is 21.9. The summed E-state index contributed by atoms with van der Waals surface area (Å²) in [4.78, 5) is 29.0. The Hall–Kier alpha value is -2.27. The summed E-state index contributed by atoms with van der Waals surface area (Å²) in [6.45, 7) is 8.49. The second-order valence-corrected chi connectivity index (χ2v) is 8.83. The van der Waals surface area contributed by atoms with Gasteiger partial charge in [0, 0.05) is 29.7 Å². The number of carbonyl (C=O) groups is 2. The number of hydrogen-bond donors (Lipinski definition) is 1. The molecule has 0 aliphatic rings. The summed E-state index contributed by atoms with van der Waals surface area (Å²) in [5.74, 6) is 0.643. The summed E-state index contributed by atoms with van der Waals surface area (Å²) in [5, 5.41) is 3.05.